The Balaban J connectivity index is 1.83. The van der Waals surface area contributed by atoms with Gasteiger partial charge in [0.1, 0.15) is 16.5 Å². The Labute approximate surface area is 243 Å². The summed E-state index contributed by atoms with van der Waals surface area (Å²) in [5.74, 6) is -4.44. The van der Waals surface area contributed by atoms with Crippen molar-refractivity contribution in [2.45, 2.75) is 35.1 Å². The van der Waals surface area contributed by atoms with Crippen LogP contribution in [0.5, 0.6) is 5.75 Å². The summed E-state index contributed by atoms with van der Waals surface area (Å²) in [6, 6.07) is 9.88. The Kier molecular flexibility index (Phi) is 8.46. The fraction of sp³-hybridized carbons (Fsp3) is 0.185. The molecule has 4 aromatic rings. The number of ether oxygens (including phenoxy) is 1. The molecular weight excluding hydrogens is 603 g/mol. The Morgan fingerprint density at radius 3 is 2.32 bits per heavy atom. The molecule has 3 N–H and O–H groups in total. The van der Waals surface area contributed by atoms with Crippen molar-refractivity contribution in [2.24, 2.45) is 5.14 Å². The van der Waals surface area contributed by atoms with Crippen molar-refractivity contribution < 1.29 is 36.2 Å². The van der Waals surface area contributed by atoms with Gasteiger partial charge in [-0.25, -0.2) is 36.5 Å². The molecule has 0 saturated heterocycles. The number of imidazole rings is 1. The van der Waals surface area contributed by atoms with Crippen LogP contribution < -0.4 is 9.88 Å². The molecule has 1 heterocycles. The molecule has 0 aliphatic heterocycles. The van der Waals surface area contributed by atoms with Crippen LogP contribution in [0, 0.1) is 17.5 Å². The Hall–Kier alpha value is -3.52. The van der Waals surface area contributed by atoms with Crippen LogP contribution in [-0.2, 0) is 21.2 Å². The van der Waals surface area contributed by atoms with E-state index in [-0.39, 0.29) is 32.1 Å². The highest BCUT2D eigenvalue weighted by Gasteiger charge is 2.31. The van der Waals surface area contributed by atoms with Gasteiger partial charge in [0.05, 0.1) is 35.3 Å². The van der Waals surface area contributed by atoms with Gasteiger partial charge < -0.3 is 9.84 Å². The molecule has 4 rings (SSSR count). The highest BCUT2D eigenvalue weighted by molar-refractivity contribution is 7.98. The number of carboxylic acid groups (broad SMARTS) is 1. The van der Waals surface area contributed by atoms with Crippen molar-refractivity contribution in [3.63, 3.8) is 0 Å². The van der Waals surface area contributed by atoms with Crippen molar-refractivity contribution >= 4 is 39.4 Å². The average molecular weight is 626 g/mol. The van der Waals surface area contributed by atoms with Crippen LogP contribution in [0.4, 0.5) is 13.2 Å². The number of hydrogen-bond acceptors (Lipinski definition) is 6. The summed E-state index contributed by atoms with van der Waals surface area (Å²) in [5.41, 5.74) is -0.227. The number of nitrogens with zero attached hydrogens (tertiary/aromatic N) is 2. The number of hydrogen-bond donors (Lipinski definition) is 2. The first kappa shape index (κ1) is 30.4. The van der Waals surface area contributed by atoms with Gasteiger partial charge in [0, 0.05) is 22.8 Å². The minimum Gasteiger partial charge on any atom is -0.494 e. The van der Waals surface area contributed by atoms with E-state index in [2.05, 4.69) is 4.98 Å². The molecule has 216 valence electrons. The number of thioether (sulfide) groups is 1. The summed E-state index contributed by atoms with van der Waals surface area (Å²) in [6.45, 7) is 3.64. The standard InChI is InChI=1S/C27H23ClF3N3O5S2/c1-27(2,15-4-7-23(18(28)10-15)41(32,37)38)24-12-33-26(34(24)16-5-6-19(29)22(11-16)39-3)40-13-17-20(30)8-14(25(35)36)9-21(17)31/h4-12H,13H2,1-3H3,(H,35,36)(H2,32,37,38). The van der Waals surface area contributed by atoms with Crippen molar-refractivity contribution in [3.8, 4) is 11.4 Å². The molecule has 8 nitrogen and oxygen atoms in total. The van der Waals surface area contributed by atoms with Crippen LogP contribution in [0.25, 0.3) is 5.69 Å². The van der Waals surface area contributed by atoms with Crippen molar-refractivity contribution in [2.75, 3.05) is 7.11 Å². The van der Waals surface area contributed by atoms with Gasteiger partial charge in [0.2, 0.25) is 10.0 Å². The van der Waals surface area contributed by atoms with Crippen molar-refractivity contribution in [1.82, 2.24) is 9.55 Å². The molecule has 3 aromatic carbocycles. The number of carbonyl (C=O) groups is 1. The highest BCUT2D eigenvalue weighted by Crippen LogP contribution is 2.39. The van der Waals surface area contributed by atoms with Crippen molar-refractivity contribution in [1.29, 1.82) is 0 Å². The fourth-order valence-electron chi connectivity index (χ4n) is 4.18. The minimum absolute atomic E-state index is 0.0576. The third-order valence-corrected chi connectivity index (χ3v) is 8.83. The second-order valence-electron chi connectivity index (χ2n) is 9.41. The summed E-state index contributed by atoms with van der Waals surface area (Å²) < 4.78 is 74.1. The van der Waals surface area contributed by atoms with Gasteiger partial charge in [-0.1, -0.05) is 43.3 Å². The molecule has 0 saturated carbocycles. The maximum absolute atomic E-state index is 14.6. The number of halogens is 4. The average Bonchev–Trinajstić information content (AvgIpc) is 3.32. The van der Waals surface area contributed by atoms with Crippen LogP contribution in [0.2, 0.25) is 5.02 Å². The van der Waals surface area contributed by atoms with E-state index in [1.54, 1.807) is 10.6 Å². The van der Waals surface area contributed by atoms with Gasteiger partial charge in [0.25, 0.3) is 0 Å². The van der Waals surface area contributed by atoms with E-state index in [9.17, 15) is 26.4 Å². The third-order valence-electron chi connectivity index (χ3n) is 6.46. The number of rotatable bonds is 9. The molecule has 1 aromatic heterocycles. The SMILES string of the molecule is COc1cc(-n2c(C(C)(C)c3ccc(S(N)(=O)=O)c(Cl)c3)cnc2SCc2c(F)cc(C(=O)O)cc2F)ccc1F. The van der Waals surface area contributed by atoms with Crippen LogP contribution in [0.1, 0.15) is 41.0 Å². The lowest BCUT2D eigenvalue weighted by molar-refractivity contribution is 0.0695. The third kappa shape index (κ3) is 6.08. The number of carboxylic acids is 1. The molecule has 0 aliphatic carbocycles. The highest BCUT2D eigenvalue weighted by atomic mass is 35.5. The topological polar surface area (TPSA) is 125 Å². The second-order valence-corrected chi connectivity index (χ2v) is 12.3. The minimum atomic E-state index is -4.06. The molecule has 0 spiro atoms. The number of methoxy groups -OCH3 is 1. The van der Waals surface area contributed by atoms with E-state index < -0.39 is 44.4 Å². The van der Waals surface area contributed by atoms with E-state index >= 15 is 0 Å². The lowest BCUT2D eigenvalue weighted by atomic mass is 9.81. The van der Waals surface area contributed by atoms with Gasteiger partial charge in [0.15, 0.2) is 16.7 Å². The van der Waals surface area contributed by atoms with Crippen molar-refractivity contribution in [3.05, 3.63) is 99.6 Å². The lowest BCUT2D eigenvalue weighted by Gasteiger charge is -2.28. The summed E-state index contributed by atoms with van der Waals surface area (Å²) in [4.78, 5) is 15.4. The number of primary sulfonamides is 1. The van der Waals surface area contributed by atoms with E-state index in [1.807, 2.05) is 13.8 Å². The first-order valence-electron chi connectivity index (χ1n) is 11.7. The Morgan fingerprint density at radius 1 is 1.10 bits per heavy atom. The molecule has 14 heteroatoms. The van der Waals surface area contributed by atoms with Gasteiger partial charge >= 0.3 is 5.97 Å². The van der Waals surface area contributed by atoms with E-state index in [4.69, 9.17) is 26.6 Å². The van der Waals surface area contributed by atoms with Crippen LogP contribution in [0.3, 0.4) is 0 Å². The molecule has 0 radical (unpaired) electrons. The van der Waals surface area contributed by atoms with Gasteiger partial charge in [-0.3, -0.25) is 4.57 Å². The number of aromatic nitrogens is 2. The Morgan fingerprint density at radius 2 is 1.76 bits per heavy atom. The van der Waals surface area contributed by atoms with Crippen LogP contribution >= 0.6 is 23.4 Å². The zero-order valence-electron chi connectivity index (χ0n) is 21.8. The predicted octanol–water partition coefficient (Wildman–Crippen LogP) is 5.92. The quantitative estimate of drug-likeness (QED) is 0.221. The molecule has 41 heavy (non-hydrogen) atoms. The zero-order valence-corrected chi connectivity index (χ0v) is 24.2. The van der Waals surface area contributed by atoms with E-state index in [0.29, 0.717) is 16.9 Å². The largest absolute Gasteiger partial charge is 0.494 e. The number of nitrogens with two attached hydrogens (primary N) is 1. The Bertz CT molecular complexity index is 1750. The van der Waals surface area contributed by atoms with E-state index in [0.717, 1.165) is 23.9 Å². The van der Waals surface area contributed by atoms with Gasteiger partial charge in [-0.2, -0.15) is 0 Å². The molecule has 0 aliphatic rings. The first-order valence-corrected chi connectivity index (χ1v) is 14.6. The molecule has 0 atom stereocenters. The van der Waals surface area contributed by atoms with Crippen LogP contribution in [0.15, 0.2) is 64.8 Å². The summed E-state index contributed by atoms with van der Waals surface area (Å²) in [6.07, 6.45) is 1.53. The smallest absolute Gasteiger partial charge is 0.335 e. The van der Waals surface area contributed by atoms with Gasteiger partial charge in [-0.15, -0.1) is 0 Å². The maximum atomic E-state index is 14.6. The number of sulfonamides is 1. The molecule has 0 bridgehead atoms. The maximum Gasteiger partial charge on any atom is 0.335 e. The van der Waals surface area contributed by atoms with Gasteiger partial charge in [-0.05, 0) is 42.0 Å². The lowest BCUT2D eigenvalue weighted by Crippen LogP contribution is -2.23. The molecule has 0 fully saturated rings. The van der Waals surface area contributed by atoms with E-state index in [1.165, 1.54) is 43.6 Å². The normalized spacial score (nSPS) is 12.0. The number of benzene rings is 3. The molecule has 0 amide bonds. The first-order chi connectivity index (χ1) is 19.1. The fourth-order valence-corrected chi connectivity index (χ4v) is 6.28. The summed E-state index contributed by atoms with van der Waals surface area (Å²) in [5, 5.41) is 14.5. The monoisotopic (exact) mass is 625 g/mol. The predicted molar refractivity (Wildman–Crippen MR) is 148 cm³/mol. The summed E-state index contributed by atoms with van der Waals surface area (Å²) >= 11 is 7.22. The molecular formula is C27H23ClF3N3O5S2. The number of aromatic carboxylic acids is 1. The molecule has 0 unspecified atom stereocenters. The van der Waals surface area contributed by atoms with Crippen LogP contribution in [-0.4, -0.2) is 36.2 Å². The zero-order chi connectivity index (χ0) is 30.3. The second kappa shape index (κ2) is 11.4. The summed E-state index contributed by atoms with van der Waals surface area (Å²) in [7, 11) is -2.76.